The van der Waals surface area contributed by atoms with Gasteiger partial charge in [-0.1, -0.05) is 26.7 Å². The minimum absolute atomic E-state index is 0.332. The van der Waals surface area contributed by atoms with Gasteiger partial charge in [0.25, 0.3) is 0 Å². The third kappa shape index (κ3) is 2.37. The summed E-state index contributed by atoms with van der Waals surface area (Å²) >= 11 is 0. The lowest BCUT2D eigenvalue weighted by Gasteiger charge is -2.33. The highest BCUT2D eigenvalue weighted by atomic mass is 15.3. The topological polar surface area (TPSA) is 42.7 Å². The summed E-state index contributed by atoms with van der Waals surface area (Å²) in [6.07, 6.45) is 8.05. The van der Waals surface area contributed by atoms with Crippen LogP contribution < -0.4 is 5.32 Å². The molecule has 1 saturated carbocycles. The number of hydrogen-bond donors (Lipinski definition) is 1. The lowest BCUT2D eigenvalue weighted by atomic mass is 9.80. The zero-order valence-electron chi connectivity index (χ0n) is 11.2. The molecule has 1 fully saturated rings. The molecule has 1 heterocycles. The summed E-state index contributed by atoms with van der Waals surface area (Å²) in [6, 6.07) is 0.332. The van der Waals surface area contributed by atoms with Gasteiger partial charge in [-0.15, -0.1) is 0 Å². The third-order valence-electron chi connectivity index (χ3n) is 4.07. The molecular formula is C13H24N4. The summed E-state index contributed by atoms with van der Waals surface area (Å²) < 4.78 is 2.06. The lowest BCUT2D eigenvalue weighted by molar-refractivity contribution is 0.218. The minimum Gasteiger partial charge on any atom is -0.310 e. The quantitative estimate of drug-likeness (QED) is 0.854. The van der Waals surface area contributed by atoms with Crippen LogP contribution in [0.1, 0.15) is 57.8 Å². The first-order valence-corrected chi connectivity index (χ1v) is 6.76. The Labute approximate surface area is 104 Å². The van der Waals surface area contributed by atoms with E-state index in [9.17, 15) is 0 Å². The van der Waals surface area contributed by atoms with Crippen LogP contribution in [0.15, 0.2) is 6.33 Å². The summed E-state index contributed by atoms with van der Waals surface area (Å²) in [5.74, 6) is 1.11. The van der Waals surface area contributed by atoms with E-state index in [1.165, 1.54) is 25.7 Å². The third-order valence-corrected chi connectivity index (χ3v) is 4.07. The van der Waals surface area contributed by atoms with E-state index < -0.39 is 0 Å². The highest BCUT2D eigenvalue weighted by Gasteiger charge is 2.39. The van der Waals surface area contributed by atoms with Crippen molar-refractivity contribution in [1.82, 2.24) is 20.1 Å². The van der Waals surface area contributed by atoms with Gasteiger partial charge < -0.3 is 5.32 Å². The summed E-state index contributed by atoms with van der Waals surface area (Å²) in [5.41, 5.74) is 0.341. The van der Waals surface area contributed by atoms with Gasteiger partial charge in [-0.25, -0.2) is 9.67 Å². The second-order valence-electron chi connectivity index (χ2n) is 5.42. The van der Waals surface area contributed by atoms with Crippen molar-refractivity contribution < 1.29 is 0 Å². The highest BCUT2D eigenvalue weighted by Crippen LogP contribution is 2.46. The van der Waals surface area contributed by atoms with E-state index in [1.807, 2.05) is 7.05 Å². The van der Waals surface area contributed by atoms with E-state index in [0.717, 1.165) is 18.8 Å². The van der Waals surface area contributed by atoms with E-state index in [-0.39, 0.29) is 0 Å². The second-order valence-corrected chi connectivity index (χ2v) is 5.42. The molecule has 17 heavy (non-hydrogen) atoms. The fourth-order valence-electron chi connectivity index (χ4n) is 3.14. The molecule has 1 atom stereocenters. The van der Waals surface area contributed by atoms with Crippen molar-refractivity contribution in [3.05, 3.63) is 12.2 Å². The van der Waals surface area contributed by atoms with E-state index in [1.54, 1.807) is 6.33 Å². The van der Waals surface area contributed by atoms with Crippen molar-refractivity contribution in [1.29, 1.82) is 0 Å². The average molecular weight is 236 g/mol. The molecule has 0 aromatic carbocycles. The average Bonchev–Trinajstić information content (AvgIpc) is 2.91. The van der Waals surface area contributed by atoms with Gasteiger partial charge in [0.1, 0.15) is 12.2 Å². The number of aryl methyl sites for hydroxylation is 1. The van der Waals surface area contributed by atoms with E-state index >= 15 is 0 Å². The Balaban J connectivity index is 2.25. The molecule has 0 amide bonds. The minimum atomic E-state index is 0.332. The van der Waals surface area contributed by atoms with E-state index in [0.29, 0.717) is 11.5 Å². The Morgan fingerprint density at radius 2 is 2.18 bits per heavy atom. The standard InChI is InChI=1S/C13H24N4/c1-4-9-17-12(15-10-16-17)11(14-3)13(2)7-5-6-8-13/h10-11,14H,4-9H2,1-3H3. The second kappa shape index (κ2) is 5.17. The van der Waals surface area contributed by atoms with Crippen molar-refractivity contribution in [3.63, 3.8) is 0 Å². The number of rotatable bonds is 5. The molecule has 0 aliphatic heterocycles. The van der Waals surface area contributed by atoms with Gasteiger partial charge in [-0.2, -0.15) is 5.10 Å². The van der Waals surface area contributed by atoms with E-state index in [4.69, 9.17) is 0 Å². The normalized spacial score (nSPS) is 20.6. The molecule has 96 valence electrons. The molecule has 1 aliphatic carbocycles. The molecule has 1 N–H and O–H groups in total. The van der Waals surface area contributed by atoms with Crippen molar-refractivity contribution >= 4 is 0 Å². The maximum Gasteiger partial charge on any atom is 0.144 e. The van der Waals surface area contributed by atoms with Gasteiger partial charge in [0.15, 0.2) is 0 Å². The van der Waals surface area contributed by atoms with Crippen LogP contribution in [0.3, 0.4) is 0 Å². The molecular weight excluding hydrogens is 212 g/mol. The predicted molar refractivity (Wildman–Crippen MR) is 68.7 cm³/mol. The van der Waals surface area contributed by atoms with Crippen molar-refractivity contribution in [2.24, 2.45) is 5.41 Å². The Bertz CT molecular complexity index is 352. The maximum absolute atomic E-state index is 4.49. The van der Waals surface area contributed by atoms with Crippen LogP contribution in [0, 0.1) is 5.41 Å². The van der Waals surface area contributed by atoms with Crippen LogP contribution in [0.2, 0.25) is 0 Å². The monoisotopic (exact) mass is 236 g/mol. The fraction of sp³-hybridized carbons (Fsp3) is 0.846. The molecule has 4 heteroatoms. The Kier molecular flexibility index (Phi) is 3.82. The van der Waals surface area contributed by atoms with Gasteiger partial charge in [0.2, 0.25) is 0 Å². The Morgan fingerprint density at radius 1 is 1.47 bits per heavy atom. The summed E-state index contributed by atoms with van der Waals surface area (Å²) in [4.78, 5) is 4.49. The zero-order chi connectivity index (χ0) is 12.3. The number of nitrogens with one attached hydrogen (secondary N) is 1. The largest absolute Gasteiger partial charge is 0.310 e. The van der Waals surface area contributed by atoms with Gasteiger partial charge >= 0.3 is 0 Å². The van der Waals surface area contributed by atoms with Crippen LogP contribution >= 0.6 is 0 Å². The molecule has 0 radical (unpaired) electrons. The van der Waals surface area contributed by atoms with Gasteiger partial charge in [0, 0.05) is 6.54 Å². The number of hydrogen-bond acceptors (Lipinski definition) is 3. The molecule has 0 saturated heterocycles. The molecule has 1 aromatic rings. The number of aromatic nitrogens is 3. The number of nitrogens with zero attached hydrogens (tertiary/aromatic N) is 3. The van der Waals surface area contributed by atoms with Crippen LogP contribution in [-0.2, 0) is 6.54 Å². The smallest absolute Gasteiger partial charge is 0.144 e. The molecule has 1 aromatic heterocycles. The van der Waals surface area contributed by atoms with E-state index in [2.05, 4.69) is 33.9 Å². The molecule has 1 aliphatic rings. The maximum atomic E-state index is 4.49. The Hall–Kier alpha value is -0.900. The predicted octanol–water partition coefficient (Wildman–Crippen LogP) is 2.53. The lowest BCUT2D eigenvalue weighted by Crippen LogP contribution is -2.34. The molecule has 1 unspecified atom stereocenters. The summed E-state index contributed by atoms with van der Waals surface area (Å²) in [6.45, 7) is 5.52. The first-order valence-electron chi connectivity index (χ1n) is 6.76. The van der Waals surface area contributed by atoms with Crippen molar-refractivity contribution in [2.75, 3.05) is 7.05 Å². The summed E-state index contributed by atoms with van der Waals surface area (Å²) in [5, 5.41) is 7.81. The van der Waals surface area contributed by atoms with Gasteiger partial charge in [-0.05, 0) is 31.7 Å². The molecule has 2 rings (SSSR count). The SMILES string of the molecule is CCCn1ncnc1C(NC)C1(C)CCCC1. The fourth-order valence-corrected chi connectivity index (χ4v) is 3.14. The van der Waals surface area contributed by atoms with Gasteiger partial charge in [0.05, 0.1) is 6.04 Å². The van der Waals surface area contributed by atoms with Crippen molar-refractivity contribution in [2.45, 2.75) is 58.5 Å². The summed E-state index contributed by atoms with van der Waals surface area (Å²) in [7, 11) is 2.04. The van der Waals surface area contributed by atoms with Crippen molar-refractivity contribution in [3.8, 4) is 0 Å². The highest BCUT2D eigenvalue weighted by molar-refractivity contribution is 5.04. The first kappa shape index (κ1) is 12.6. The molecule has 4 nitrogen and oxygen atoms in total. The van der Waals surface area contributed by atoms with Crippen LogP contribution in [-0.4, -0.2) is 21.8 Å². The van der Waals surface area contributed by atoms with Gasteiger partial charge in [-0.3, -0.25) is 0 Å². The first-order chi connectivity index (χ1) is 8.21. The van der Waals surface area contributed by atoms with Crippen LogP contribution in [0.4, 0.5) is 0 Å². The molecule has 0 spiro atoms. The zero-order valence-corrected chi connectivity index (χ0v) is 11.2. The van der Waals surface area contributed by atoms with Crippen LogP contribution in [0.5, 0.6) is 0 Å². The molecule has 0 bridgehead atoms. The van der Waals surface area contributed by atoms with Crippen LogP contribution in [0.25, 0.3) is 0 Å². The Morgan fingerprint density at radius 3 is 2.76 bits per heavy atom.